The lowest BCUT2D eigenvalue weighted by molar-refractivity contribution is -0.119. The van der Waals surface area contributed by atoms with Crippen LogP contribution < -0.4 is 11.1 Å². The third-order valence-electron chi connectivity index (χ3n) is 1.61. The first-order valence-electron chi connectivity index (χ1n) is 4.02. The van der Waals surface area contributed by atoms with E-state index in [1.807, 2.05) is 5.32 Å². The smallest absolute Gasteiger partial charge is 0.318 e. The number of nitrogens with two attached hydrogens (primary N) is 1. The number of benzene rings is 1. The van der Waals surface area contributed by atoms with E-state index in [-0.39, 0.29) is 12.0 Å². The number of hydrogen-bond acceptors (Lipinski definition) is 2. The number of imide groups is 1. The highest BCUT2D eigenvalue weighted by atomic mass is 19.2. The Kier molecular flexibility index (Phi) is 3.33. The Bertz CT molecular complexity index is 407. The minimum Gasteiger partial charge on any atom is -0.351 e. The Morgan fingerprint density at radius 2 is 1.93 bits per heavy atom. The fraction of sp³-hybridized carbons (Fsp3) is 0.111. The molecule has 15 heavy (non-hydrogen) atoms. The molecule has 6 heteroatoms. The van der Waals surface area contributed by atoms with Crippen molar-refractivity contribution in [1.29, 1.82) is 0 Å². The molecule has 0 saturated heterocycles. The van der Waals surface area contributed by atoms with Crippen molar-refractivity contribution in [3.8, 4) is 0 Å². The number of primary amides is 1. The van der Waals surface area contributed by atoms with Gasteiger partial charge in [-0.05, 0) is 17.7 Å². The SMILES string of the molecule is NC(=O)NC(=O)Cc1ccc(F)c(F)c1. The van der Waals surface area contributed by atoms with Gasteiger partial charge in [0.05, 0.1) is 6.42 Å². The van der Waals surface area contributed by atoms with Gasteiger partial charge in [0.25, 0.3) is 0 Å². The number of halogens is 2. The van der Waals surface area contributed by atoms with Gasteiger partial charge >= 0.3 is 6.03 Å². The highest BCUT2D eigenvalue weighted by molar-refractivity contribution is 5.94. The van der Waals surface area contributed by atoms with Crippen LogP contribution in [-0.4, -0.2) is 11.9 Å². The molecule has 0 saturated carbocycles. The molecular weight excluding hydrogens is 206 g/mol. The van der Waals surface area contributed by atoms with Crippen LogP contribution in [0.1, 0.15) is 5.56 Å². The van der Waals surface area contributed by atoms with E-state index in [2.05, 4.69) is 0 Å². The predicted molar refractivity (Wildman–Crippen MR) is 47.8 cm³/mol. The Labute approximate surface area is 84.1 Å². The zero-order chi connectivity index (χ0) is 11.4. The average molecular weight is 214 g/mol. The topological polar surface area (TPSA) is 72.2 Å². The molecule has 80 valence electrons. The van der Waals surface area contributed by atoms with Crippen molar-refractivity contribution in [3.63, 3.8) is 0 Å². The third kappa shape index (κ3) is 3.34. The van der Waals surface area contributed by atoms with E-state index >= 15 is 0 Å². The van der Waals surface area contributed by atoms with Gasteiger partial charge in [0.15, 0.2) is 11.6 Å². The monoisotopic (exact) mass is 214 g/mol. The molecule has 1 aromatic carbocycles. The lowest BCUT2D eigenvalue weighted by Crippen LogP contribution is -2.35. The summed E-state index contributed by atoms with van der Waals surface area (Å²) in [7, 11) is 0. The minimum absolute atomic E-state index is 0.236. The molecular formula is C9H8F2N2O2. The molecule has 0 radical (unpaired) electrons. The summed E-state index contributed by atoms with van der Waals surface area (Å²) in [6, 6.07) is 2.06. The van der Waals surface area contributed by atoms with Crippen LogP contribution in [0.5, 0.6) is 0 Å². The van der Waals surface area contributed by atoms with Crippen molar-refractivity contribution in [2.45, 2.75) is 6.42 Å². The number of rotatable bonds is 2. The summed E-state index contributed by atoms with van der Waals surface area (Å²) in [5.74, 6) is -2.71. The zero-order valence-corrected chi connectivity index (χ0v) is 7.59. The van der Waals surface area contributed by atoms with Gasteiger partial charge in [0.1, 0.15) is 0 Å². The summed E-state index contributed by atoms with van der Waals surface area (Å²) in [6.45, 7) is 0. The Morgan fingerprint density at radius 1 is 1.27 bits per heavy atom. The van der Waals surface area contributed by atoms with Crippen LogP contribution in [0.4, 0.5) is 13.6 Å². The van der Waals surface area contributed by atoms with Gasteiger partial charge in [0, 0.05) is 0 Å². The molecule has 1 rings (SSSR count). The quantitative estimate of drug-likeness (QED) is 0.760. The molecule has 0 fully saturated rings. The summed E-state index contributed by atoms with van der Waals surface area (Å²) in [6.07, 6.45) is -0.236. The lowest BCUT2D eigenvalue weighted by atomic mass is 10.1. The largest absolute Gasteiger partial charge is 0.351 e. The van der Waals surface area contributed by atoms with E-state index in [9.17, 15) is 18.4 Å². The molecule has 0 heterocycles. The van der Waals surface area contributed by atoms with Gasteiger partial charge < -0.3 is 5.73 Å². The van der Waals surface area contributed by atoms with Crippen molar-refractivity contribution in [2.75, 3.05) is 0 Å². The fourth-order valence-electron chi connectivity index (χ4n) is 1.02. The Morgan fingerprint density at radius 3 is 2.47 bits per heavy atom. The average Bonchev–Trinajstić information content (AvgIpc) is 2.10. The number of urea groups is 1. The van der Waals surface area contributed by atoms with Crippen molar-refractivity contribution in [1.82, 2.24) is 5.32 Å². The second kappa shape index (κ2) is 4.50. The number of hydrogen-bond donors (Lipinski definition) is 2. The van der Waals surface area contributed by atoms with E-state index in [1.54, 1.807) is 0 Å². The van der Waals surface area contributed by atoms with Gasteiger partial charge in [-0.2, -0.15) is 0 Å². The maximum absolute atomic E-state index is 12.7. The standard InChI is InChI=1S/C9H8F2N2O2/c10-6-2-1-5(3-7(6)11)4-8(14)13-9(12)15/h1-3H,4H2,(H3,12,13,14,15). The zero-order valence-electron chi connectivity index (χ0n) is 7.59. The molecule has 0 aliphatic heterocycles. The third-order valence-corrected chi connectivity index (χ3v) is 1.61. The summed E-state index contributed by atoms with van der Waals surface area (Å²) in [5, 5.41) is 1.81. The van der Waals surface area contributed by atoms with E-state index in [0.29, 0.717) is 0 Å². The van der Waals surface area contributed by atoms with Crippen molar-refractivity contribution in [2.24, 2.45) is 5.73 Å². The Hall–Kier alpha value is -1.98. The normalized spacial score (nSPS) is 9.73. The van der Waals surface area contributed by atoms with Gasteiger partial charge in [0.2, 0.25) is 5.91 Å². The molecule has 0 aromatic heterocycles. The molecule has 1 aromatic rings. The van der Waals surface area contributed by atoms with Crippen LogP contribution in [0.3, 0.4) is 0 Å². The van der Waals surface area contributed by atoms with Crippen LogP contribution in [0, 0.1) is 11.6 Å². The number of carbonyl (C=O) groups is 2. The molecule has 0 atom stereocenters. The summed E-state index contributed by atoms with van der Waals surface area (Å²) >= 11 is 0. The molecule has 0 aliphatic rings. The molecule has 4 nitrogen and oxygen atoms in total. The fourth-order valence-corrected chi connectivity index (χ4v) is 1.02. The highest BCUT2D eigenvalue weighted by Crippen LogP contribution is 2.08. The first kappa shape index (κ1) is 11.1. The molecule has 0 aliphatic carbocycles. The molecule has 0 bridgehead atoms. The first-order valence-corrected chi connectivity index (χ1v) is 4.02. The van der Waals surface area contributed by atoms with Crippen molar-refractivity contribution in [3.05, 3.63) is 35.4 Å². The first-order chi connectivity index (χ1) is 6.99. The summed E-state index contributed by atoms with van der Waals surface area (Å²) < 4.78 is 25.2. The van der Waals surface area contributed by atoms with Crippen LogP contribution in [0.15, 0.2) is 18.2 Å². The predicted octanol–water partition coefficient (Wildman–Crippen LogP) is 0.702. The van der Waals surface area contributed by atoms with E-state index in [0.717, 1.165) is 12.1 Å². The highest BCUT2D eigenvalue weighted by Gasteiger charge is 2.08. The van der Waals surface area contributed by atoms with Crippen LogP contribution in [0.2, 0.25) is 0 Å². The summed E-state index contributed by atoms with van der Waals surface area (Å²) in [5.41, 5.74) is 4.95. The van der Waals surface area contributed by atoms with E-state index < -0.39 is 23.6 Å². The van der Waals surface area contributed by atoms with Crippen molar-refractivity contribution >= 4 is 11.9 Å². The number of nitrogens with one attached hydrogen (secondary N) is 1. The number of amides is 3. The Balaban J connectivity index is 2.69. The van der Waals surface area contributed by atoms with Crippen LogP contribution in [-0.2, 0) is 11.2 Å². The van der Waals surface area contributed by atoms with Crippen LogP contribution >= 0.6 is 0 Å². The molecule has 3 N–H and O–H groups in total. The lowest BCUT2D eigenvalue weighted by Gasteiger charge is -2.01. The second-order valence-electron chi connectivity index (χ2n) is 2.84. The second-order valence-corrected chi connectivity index (χ2v) is 2.84. The molecule has 3 amide bonds. The van der Waals surface area contributed by atoms with E-state index in [1.165, 1.54) is 6.07 Å². The van der Waals surface area contributed by atoms with Gasteiger partial charge in [-0.3, -0.25) is 10.1 Å². The maximum atomic E-state index is 12.7. The molecule has 0 unspecified atom stereocenters. The van der Waals surface area contributed by atoms with Crippen molar-refractivity contribution < 1.29 is 18.4 Å². The minimum atomic E-state index is -1.04. The summed E-state index contributed by atoms with van der Waals surface area (Å²) in [4.78, 5) is 21.3. The van der Waals surface area contributed by atoms with Gasteiger partial charge in [-0.25, -0.2) is 13.6 Å². The number of carbonyl (C=O) groups excluding carboxylic acids is 2. The van der Waals surface area contributed by atoms with Gasteiger partial charge in [-0.1, -0.05) is 6.07 Å². The van der Waals surface area contributed by atoms with E-state index in [4.69, 9.17) is 5.73 Å². The molecule has 0 spiro atoms. The maximum Gasteiger partial charge on any atom is 0.318 e. The van der Waals surface area contributed by atoms with Gasteiger partial charge in [-0.15, -0.1) is 0 Å². The van der Waals surface area contributed by atoms with Crippen LogP contribution in [0.25, 0.3) is 0 Å².